The van der Waals surface area contributed by atoms with Crippen LogP contribution < -0.4 is 5.73 Å². The Bertz CT molecular complexity index is 688. The van der Waals surface area contributed by atoms with Crippen molar-refractivity contribution in [2.75, 3.05) is 0 Å². The van der Waals surface area contributed by atoms with E-state index in [-0.39, 0.29) is 17.8 Å². The second kappa shape index (κ2) is 5.38. The summed E-state index contributed by atoms with van der Waals surface area (Å²) in [6, 6.07) is 5.53. The number of hydrogen-bond donors (Lipinski definition) is 1. The van der Waals surface area contributed by atoms with Gasteiger partial charge in [-0.2, -0.15) is 4.98 Å². The topological polar surface area (TPSA) is 64.9 Å². The highest BCUT2D eigenvalue weighted by atomic mass is 35.5. The van der Waals surface area contributed by atoms with Gasteiger partial charge in [-0.05, 0) is 44.2 Å². The first-order valence-corrected chi connectivity index (χ1v) is 7.89. The van der Waals surface area contributed by atoms with E-state index in [4.69, 9.17) is 33.5 Å². The summed E-state index contributed by atoms with van der Waals surface area (Å²) < 4.78 is 5.52. The highest BCUT2D eigenvalue weighted by Crippen LogP contribution is 2.57. The van der Waals surface area contributed by atoms with Gasteiger partial charge in [-0.3, -0.25) is 0 Å². The zero-order chi connectivity index (χ0) is 14.7. The highest BCUT2D eigenvalue weighted by Gasteiger charge is 2.54. The first-order valence-electron chi connectivity index (χ1n) is 7.13. The largest absolute Gasteiger partial charge is 0.338 e. The van der Waals surface area contributed by atoms with Gasteiger partial charge in [0.1, 0.15) is 0 Å². The third-order valence-electron chi connectivity index (χ3n) is 4.72. The maximum absolute atomic E-state index is 6.34. The van der Waals surface area contributed by atoms with Crippen molar-refractivity contribution in [2.45, 2.75) is 43.1 Å². The molecule has 0 aliphatic heterocycles. The average molecular weight is 361 g/mol. The summed E-state index contributed by atoms with van der Waals surface area (Å²) in [5, 5.41) is 5.39. The fourth-order valence-corrected chi connectivity index (χ4v) is 3.81. The molecule has 2 aliphatic carbocycles. The molecule has 2 aromatic rings. The van der Waals surface area contributed by atoms with E-state index in [0.29, 0.717) is 21.8 Å². The molecular weight excluding hydrogens is 345 g/mol. The number of hydrogen-bond acceptors (Lipinski definition) is 4. The molecule has 2 fully saturated rings. The Morgan fingerprint density at radius 2 is 1.73 bits per heavy atom. The van der Waals surface area contributed by atoms with Gasteiger partial charge in [0.2, 0.25) is 5.89 Å². The van der Waals surface area contributed by atoms with Crippen LogP contribution in [0, 0.1) is 0 Å². The molecule has 2 aliphatic rings. The molecule has 0 unspecified atom stereocenters. The van der Waals surface area contributed by atoms with E-state index in [0.717, 1.165) is 37.7 Å². The van der Waals surface area contributed by atoms with Gasteiger partial charge in [0.25, 0.3) is 0 Å². The first-order chi connectivity index (χ1) is 10.1. The van der Waals surface area contributed by atoms with Gasteiger partial charge in [0.15, 0.2) is 5.82 Å². The first kappa shape index (κ1) is 16.1. The third kappa shape index (κ3) is 2.24. The standard InChI is InChI=1S/C15H15Cl2N3O.ClH/c16-9-3-1-4-10(17)11(9)14(7-8-14)13-19-12(20-21-13)15(18)5-2-6-15;/h1,3-4H,2,5-8,18H2;1H. The molecule has 0 atom stereocenters. The Morgan fingerprint density at radius 1 is 1.09 bits per heavy atom. The van der Waals surface area contributed by atoms with Crippen LogP contribution in [0.5, 0.6) is 0 Å². The van der Waals surface area contributed by atoms with E-state index < -0.39 is 5.54 Å². The van der Waals surface area contributed by atoms with Crippen LogP contribution in [0.15, 0.2) is 22.7 Å². The maximum atomic E-state index is 6.34. The molecule has 2 N–H and O–H groups in total. The van der Waals surface area contributed by atoms with E-state index >= 15 is 0 Å². The van der Waals surface area contributed by atoms with Crippen molar-refractivity contribution < 1.29 is 4.52 Å². The summed E-state index contributed by atoms with van der Waals surface area (Å²) >= 11 is 12.7. The van der Waals surface area contributed by atoms with Crippen molar-refractivity contribution in [3.63, 3.8) is 0 Å². The summed E-state index contributed by atoms with van der Waals surface area (Å²) in [5.74, 6) is 1.20. The van der Waals surface area contributed by atoms with Gasteiger partial charge in [0.05, 0.1) is 11.0 Å². The monoisotopic (exact) mass is 359 g/mol. The smallest absolute Gasteiger partial charge is 0.237 e. The molecule has 1 aromatic carbocycles. The van der Waals surface area contributed by atoms with Crippen LogP contribution in [-0.2, 0) is 11.0 Å². The molecule has 0 radical (unpaired) electrons. The van der Waals surface area contributed by atoms with Crippen LogP contribution in [0.4, 0.5) is 0 Å². The van der Waals surface area contributed by atoms with Crippen LogP contribution in [0.2, 0.25) is 10.0 Å². The minimum Gasteiger partial charge on any atom is -0.338 e. The van der Waals surface area contributed by atoms with Gasteiger partial charge in [0, 0.05) is 15.6 Å². The third-order valence-corrected chi connectivity index (χ3v) is 5.35. The Balaban J connectivity index is 0.00000144. The lowest BCUT2D eigenvalue weighted by Crippen LogP contribution is -2.44. The van der Waals surface area contributed by atoms with Crippen molar-refractivity contribution in [1.82, 2.24) is 10.1 Å². The van der Waals surface area contributed by atoms with Crippen molar-refractivity contribution in [1.29, 1.82) is 0 Å². The predicted molar refractivity (Wildman–Crippen MR) is 87.7 cm³/mol. The van der Waals surface area contributed by atoms with Crippen molar-refractivity contribution in [3.8, 4) is 0 Å². The number of rotatable bonds is 3. The molecule has 0 amide bonds. The highest BCUT2D eigenvalue weighted by molar-refractivity contribution is 6.36. The van der Waals surface area contributed by atoms with Crippen LogP contribution in [0.25, 0.3) is 0 Å². The number of nitrogens with zero attached hydrogens (tertiary/aromatic N) is 2. The second-order valence-electron chi connectivity index (χ2n) is 6.11. The van der Waals surface area contributed by atoms with Gasteiger partial charge < -0.3 is 10.3 Å². The van der Waals surface area contributed by atoms with E-state index in [1.54, 1.807) is 0 Å². The predicted octanol–water partition coefficient (Wildman–Crippen LogP) is 4.22. The average Bonchev–Trinajstić information content (AvgIpc) is 3.04. The van der Waals surface area contributed by atoms with E-state index in [1.165, 1.54) is 0 Å². The molecule has 0 bridgehead atoms. The lowest BCUT2D eigenvalue weighted by atomic mass is 9.77. The zero-order valence-electron chi connectivity index (χ0n) is 11.8. The molecule has 4 rings (SSSR count). The zero-order valence-corrected chi connectivity index (χ0v) is 14.1. The minimum absolute atomic E-state index is 0. The van der Waals surface area contributed by atoms with E-state index in [2.05, 4.69) is 10.1 Å². The number of halogens is 3. The molecule has 118 valence electrons. The quantitative estimate of drug-likeness (QED) is 0.890. The van der Waals surface area contributed by atoms with Crippen LogP contribution in [-0.4, -0.2) is 10.1 Å². The van der Waals surface area contributed by atoms with E-state index in [1.807, 2.05) is 18.2 Å². The van der Waals surface area contributed by atoms with Gasteiger partial charge >= 0.3 is 0 Å². The molecule has 0 spiro atoms. The van der Waals surface area contributed by atoms with Crippen molar-refractivity contribution in [3.05, 3.63) is 45.5 Å². The summed E-state index contributed by atoms with van der Waals surface area (Å²) in [6.07, 6.45) is 4.75. The summed E-state index contributed by atoms with van der Waals surface area (Å²) in [7, 11) is 0. The lowest BCUT2D eigenvalue weighted by molar-refractivity contribution is 0.228. The molecule has 2 saturated carbocycles. The van der Waals surface area contributed by atoms with E-state index in [9.17, 15) is 0 Å². The van der Waals surface area contributed by atoms with Crippen LogP contribution in [0.3, 0.4) is 0 Å². The fourth-order valence-electron chi connectivity index (χ4n) is 3.05. The maximum Gasteiger partial charge on any atom is 0.237 e. The molecule has 1 aromatic heterocycles. The van der Waals surface area contributed by atoms with Crippen molar-refractivity contribution >= 4 is 35.6 Å². The number of nitrogens with two attached hydrogens (primary N) is 1. The molecule has 0 saturated heterocycles. The molecule has 1 heterocycles. The molecular formula is C15H16Cl3N3O. The molecule has 7 heteroatoms. The summed E-state index contributed by atoms with van der Waals surface area (Å²) in [6.45, 7) is 0. The lowest BCUT2D eigenvalue weighted by Gasteiger charge is -2.34. The molecule has 4 nitrogen and oxygen atoms in total. The fraction of sp³-hybridized carbons (Fsp3) is 0.467. The SMILES string of the molecule is Cl.NC1(c2noc(C3(c4c(Cl)cccc4Cl)CC3)n2)CCC1. The minimum atomic E-state index is -0.415. The number of benzene rings is 1. The van der Waals surface area contributed by atoms with Crippen LogP contribution in [0.1, 0.15) is 49.4 Å². The summed E-state index contributed by atoms with van der Waals surface area (Å²) in [5.41, 5.74) is 6.41. The summed E-state index contributed by atoms with van der Waals surface area (Å²) in [4.78, 5) is 4.58. The van der Waals surface area contributed by atoms with Gasteiger partial charge in [-0.15, -0.1) is 12.4 Å². The number of aromatic nitrogens is 2. The van der Waals surface area contributed by atoms with Crippen molar-refractivity contribution in [2.24, 2.45) is 5.73 Å². The normalized spacial score (nSPS) is 20.9. The van der Waals surface area contributed by atoms with Gasteiger partial charge in [-0.1, -0.05) is 34.4 Å². The Kier molecular flexibility index (Phi) is 3.92. The molecule has 22 heavy (non-hydrogen) atoms. The van der Waals surface area contributed by atoms with Crippen LogP contribution >= 0.6 is 35.6 Å². The Labute approximate surface area is 144 Å². The second-order valence-corrected chi connectivity index (χ2v) is 6.93. The van der Waals surface area contributed by atoms with Gasteiger partial charge in [-0.25, -0.2) is 0 Å². The Hall–Kier alpha value is -0.810. The Morgan fingerprint density at radius 3 is 2.23 bits per heavy atom.